The number of carbonyl (C=O) groups is 1. The number of likely N-dealkylation sites (tertiary alicyclic amines) is 1. The molecular formula is C14H21N3O2. The third kappa shape index (κ3) is 3.38. The van der Waals surface area contributed by atoms with E-state index in [1.165, 1.54) is 25.0 Å². The van der Waals surface area contributed by atoms with Gasteiger partial charge in [-0.15, -0.1) is 0 Å². The number of phenolic OH excluding ortho intramolecular Hbond substituents is 1. The molecule has 0 aromatic heterocycles. The van der Waals surface area contributed by atoms with Crippen LogP contribution in [0.15, 0.2) is 18.2 Å². The zero-order valence-corrected chi connectivity index (χ0v) is 11.2. The number of hydrogen-bond donors (Lipinski definition) is 3. The normalized spacial score (nSPS) is 20.2. The fourth-order valence-corrected chi connectivity index (χ4v) is 2.40. The molecule has 0 spiro atoms. The topological polar surface area (TPSA) is 78.6 Å². The van der Waals surface area contributed by atoms with Crippen LogP contribution < -0.4 is 11.1 Å². The zero-order chi connectivity index (χ0) is 13.8. The van der Waals surface area contributed by atoms with E-state index in [0.717, 1.165) is 13.0 Å². The van der Waals surface area contributed by atoms with Gasteiger partial charge in [-0.05, 0) is 44.6 Å². The summed E-state index contributed by atoms with van der Waals surface area (Å²) in [5.41, 5.74) is 6.23. The third-order valence-corrected chi connectivity index (χ3v) is 3.71. The van der Waals surface area contributed by atoms with Crippen molar-refractivity contribution in [1.82, 2.24) is 10.2 Å². The van der Waals surface area contributed by atoms with E-state index < -0.39 is 0 Å². The molecule has 0 radical (unpaired) electrons. The number of hydrogen-bond acceptors (Lipinski definition) is 4. The van der Waals surface area contributed by atoms with Crippen LogP contribution in [0.5, 0.6) is 5.75 Å². The minimum Gasteiger partial charge on any atom is -0.506 e. The molecule has 1 fully saturated rings. The molecule has 0 bridgehead atoms. The van der Waals surface area contributed by atoms with Crippen LogP contribution in [-0.4, -0.2) is 42.1 Å². The molecule has 1 aliphatic rings. The molecule has 1 saturated heterocycles. The number of rotatable bonds is 3. The molecule has 1 aromatic carbocycles. The van der Waals surface area contributed by atoms with E-state index in [4.69, 9.17) is 5.73 Å². The summed E-state index contributed by atoms with van der Waals surface area (Å²) in [7, 11) is 2.09. The molecule has 5 heteroatoms. The summed E-state index contributed by atoms with van der Waals surface area (Å²) in [6.45, 7) is 1.73. The third-order valence-electron chi connectivity index (χ3n) is 3.71. The average molecular weight is 263 g/mol. The lowest BCUT2D eigenvalue weighted by Crippen LogP contribution is -2.44. The van der Waals surface area contributed by atoms with Crippen molar-refractivity contribution in [3.8, 4) is 5.75 Å². The van der Waals surface area contributed by atoms with Crippen molar-refractivity contribution in [1.29, 1.82) is 0 Å². The Hall–Kier alpha value is -1.75. The minimum absolute atomic E-state index is 0.0533. The maximum atomic E-state index is 12.0. The first kappa shape index (κ1) is 13.7. The highest BCUT2D eigenvalue weighted by molar-refractivity contribution is 5.95. The molecule has 104 valence electrons. The number of anilines is 1. The summed E-state index contributed by atoms with van der Waals surface area (Å²) in [6, 6.07) is 4.96. The number of nitrogen functional groups attached to an aromatic ring is 1. The summed E-state index contributed by atoms with van der Waals surface area (Å²) in [5.74, 6) is -0.225. The number of aromatic hydroxyl groups is 1. The van der Waals surface area contributed by atoms with Crippen LogP contribution in [-0.2, 0) is 0 Å². The number of piperidine rings is 1. The smallest absolute Gasteiger partial charge is 0.251 e. The van der Waals surface area contributed by atoms with Crippen LogP contribution in [0.25, 0.3) is 0 Å². The lowest BCUT2D eigenvalue weighted by atomic mass is 10.0. The van der Waals surface area contributed by atoms with Crippen molar-refractivity contribution in [2.45, 2.75) is 25.3 Å². The molecular weight excluding hydrogens is 242 g/mol. The Morgan fingerprint density at radius 1 is 1.53 bits per heavy atom. The predicted octanol–water partition coefficient (Wildman–Crippen LogP) is 1.19. The van der Waals surface area contributed by atoms with Crippen molar-refractivity contribution in [3.63, 3.8) is 0 Å². The first-order chi connectivity index (χ1) is 9.08. The van der Waals surface area contributed by atoms with Crippen molar-refractivity contribution in [2.24, 2.45) is 0 Å². The number of nitrogens with two attached hydrogens (primary N) is 1. The van der Waals surface area contributed by atoms with E-state index in [-0.39, 0.29) is 17.3 Å². The molecule has 1 aliphatic heterocycles. The van der Waals surface area contributed by atoms with Crippen LogP contribution >= 0.6 is 0 Å². The molecule has 1 aromatic rings. The van der Waals surface area contributed by atoms with Gasteiger partial charge in [0.25, 0.3) is 5.91 Å². The van der Waals surface area contributed by atoms with Gasteiger partial charge in [-0.2, -0.15) is 0 Å². The number of nitrogens with zero attached hydrogens (tertiary/aromatic N) is 1. The van der Waals surface area contributed by atoms with E-state index in [1.54, 1.807) is 6.07 Å². The van der Waals surface area contributed by atoms with Crippen LogP contribution in [0.1, 0.15) is 29.6 Å². The molecule has 19 heavy (non-hydrogen) atoms. The second kappa shape index (κ2) is 5.93. The Kier molecular flexibility index (Phi) is 4.27. The first-order valence-corrected chi connectivity index (χ1v) is 6.65. The molecule has 5 nitrogen and oxygen atoms in total. The monoisotopic (exact) mass is 263 g/mol. The lowest BCUT2D eigenvalue weighted by Gasteiger charge is -2.32. The SMILES string of the molecule is CN1CCCCC1CNC(=O)c1ccc(N)c(O)c1. The van der Waals surface area contributed by atoms with E-state index in [2.05, 4.69) is 17.3 Å². The van der Waals surface area contributed by atoms with E-state index in [1.807, 2.05) is 0 Å². The zero-order valence-electron chi connectivity index (χ0n) is 11.2. The van der Waals surface area contributed by atoms with E-state index in [0.29, 0.717) is 18.2 Å². The van der Waals surface area contributed by atoms with Gasteiger partial charge in [-0.25, -0.2) is 0 Å². The maximum absolute atomic E-state index is 12.0. The van der Waals surface area contributed by atoms with Crippen LogP contribution in [0.4, 0.5) is 5.69 Å². The first-order valence-electron chi connectivity index (χ1n) is 6.65. The fourth-order valence-electron chi connectivity index (χ4n) is 2.40. The largest absolute Gasteiger partial charge is 0.506 e. The Morgan fingerprint density at radius 2 is 2.32 bits per heavy atom. The molecule has 0 aliphatic carbocycles. The maximum Gasteiger partial charge on any atom is 0.251 e. The summed E-state index contributed by atoms with van der Waals surface area (Å²) in [5, 5.41) is 12.4. The van der Waals surface area contributed by atoms with Crippen LogP contribution in [0, 0.1) is 0 Å². The molecule has 4 N–H and O–H groups in total. The number of nitrogens with one attached hydrogen (secondary N) is 1. The van der Waals surface area contributed by atoms with E-state index >= 15 is 0 Å². The van der Waals surface area contributed by atoms with Gasteiger partial charge in [0.2, 0.25) is 0 Å². The van der Waals surface area contributed by atoms with Gasteiger partial charge in [0, 0.05) is 18.2 Å². The van der Waals surface area contributed by atoms with Gasteiger partial charge in [0.15, 0.2) is 0 Å². The average Bonchev–Trinajstić information content (AvgIpc) is 2.40. The van der Waals surface area contributed by atoms with Gasteiger partial charge < -0.3 is 21.1 Å². The summed E-state index contributed by atoms with van der Waals surface area (Å²) >= 11 is 0. The molecule has 1 heterocycles. The van der Waals surface area contributed by atoms with Crippen LogP contribution in [0.3, 0.4) is 0 Å². The van der Waals surface area contributed by atoms with Crippen molar-refractivity contribution in [2.75, 3.05) is 25.9 Å². The summed E-state index contributed by atoms with van der Waals surface area (Å²) < 4.78 is 0. The lowest BCUT2D eigenvalue weighted by molar-refractivity contribution is 0.0928. The highest BCUT2D eigenvalue weighted by Crippen LogP contribution is 2.20. The second-order valence-electron chi connectivity index (χ2n) is 5.11. The number of amides is 1. The Bertz CT molecular complexity index is 462. The quantitative estimate of drug-likeness (QED) is 0.565. The van der Waals surface area contributed by atoms with Crippen LogP contribution in [0.2, 0.25) is 0 Å². The Balaban J connectivity index is 1.91. The molecule has 1 unspecified atom stereocenters. The Morgan fingerprint density at radius 3 is 3.00 bits per heavy atom. The molecule has 2 rings (SSSR count). The number of likely N-dealkylation sites (N-methyl/N-ethyl adjacent to an activating group) is 1. The van der Waals surface area contributed by atoms with Crippen molar-refractivity contribution < 1.29 is 9.90 Å². The summed E-state index contributed by atoms with van der Waals surface area (Å²) in [6.07, 6.45) is 3.56. The highest BCUT2D eigenvalue weighted by atomic mass is 16.3. The molecule has 0 saturated carbocycles. The van der Waals surface area contributed by atoms with Crippen molar-refractivity contribution in [3.05, 3.63) is 23.8 Å². The van der Waals surface area contributed by atoms with Gasteiger partial charge in [0.1, 0.15) is 5.75 Å². The standard InChI is InChI=1S/C14H21N3O2/c1-17-7-3-2-4-11(17)9-16-14(19)10-5-6-12(15)13(18)8-10/h5-6,8,11,18H,2-4,7,9,15H2,1H3,(H,16,19). The highest BCUT2D eigenvalue weighted by Gasteiger charge is 2.19. The minimum atomic E-state index is -0.172. The Labute approximate surface area is 113 Å². The fraction of sp³-hybridized carbons (Fsp3) is 0.500. The van der Waals surface area contributed by atoms with E-state index in [9.17, 15) is 9.90 Å². The van der Waals surface area contributed by atoms with Gasteiger partial charge in [-0.3, -0.25) is 4.79 Å². The molecule has 1 atom stereocenters. The predicted molar refractivity (Wildman–Crippen MR) is 75.1 cm³/mol. The second-order valence-corrected chi connectivity index (χ2v) is 5.11. The van der Waals surface area contributed by atoms with Gasteiger partial charge in [-0.1, -0.05) is 6.42 Å². The summed E-state index contributed by atoms with van der Waals surface area (Å²) in [4.78, 5) is 14.3. The van der Waals surface area contributed by atoms with Gasteiger partial charge in [0.05, 0.1) is 5.69 Å². The number of carbonyl (C=O) groups excluding carboxylic acids is 1. The van der Waals surface area contributed by atoms with Crippen molar-refractivity contribution >= 4 is 11.6 Å². The number of phenols is 1. The van der Waals surface area contributed by atoms with Gasteiger partial charge >= 0.3 is 0 Å². The molecule has 1 amide bonds. The number of benzene rings is 1.